The first-order chi connectivity index (χ1) is 13.7. The number of aryl methyl sites for hydroxylation is 1. The Morgan fingerprint density at radius 2 is 2.07 bits per heavy atom. The Morgan fingerprint density at radius 1 is 1.25 bits per heavy atom. The summed E-state index contributed by atoms with van der Waals surface area (Å²) in [5, 5.41) is 6.85. The standard InChI is InChI=1S/C22H32N4O2/c1-4-23-22(24-15-18-9-10-20(27-3)17(2)14-18)25-16-19(21-8-7-13-28-21)26-11-5-6-12-26/h7-10,13-14,19H,4-6,11-12,15-16H2,1-3H3,(H2,23,24,25). The number of methoxy groups -OCH3 is 1. The maximum atomic E-state index is 5.71. The number of benzene rings is 1. The van der Waals surface area contributed by atoms with Crippen molar-refractivity contribution in [2.75, 3.05) is 33.3 Å². The molecule has 0 saturated carbocycles. The Bertz CT molecular complexity index is 752. The highest BCUT2D eigenvalue weighted by Crippen LogP contribution is 2.25. The molecule has 1 fully saturated rings. The van der Waals surface area contributed by atoms with Crippen molar-refractivity contribution in [3.05, 3.63) is 53.5 Å². The van der Waals surface area contributed by atoms with E-state index in [0.29, 0.717) is 6.54 Å². The molecule has 1 aliphatic rings. The Kier molecular flexibility index (Phi) is 7.37. The predicted octanol–water partition coefficient (Wildman–Crippen LogP) is 3.49. The van der Waals surface area contributed by atoms with Gasteiger partial charge in [-0.15, -0.1) is 0 Å². The fourth-order valence-electron chi connectivity index (χ4n) is 3.69. The van der Waals surface area contributed by atoms with Crippen molar-refractivity contribution in [3.63, 3.8) is 0 Å². The van der Waals surface area contributed by atoms with Gasteiger partial charge in [-0.25, -0.2) is 4.99 Å². The second kappa shape index (κ2) is 10.2. The highest BCUT2D eigenvalue weighted by Gasteiger charge is 2.25. The molecule has 0 amide bonds. The van der Waals surface area contributed by atoms with Crippen molar-refractivity contribution >= 4 is 5.96 Å². The molecule has 3 rings (SSSR count). The van der Waals surface area contributed by atoms with Crippen LogP contribution in [-0.4, -0.2) is 44.1 Å². The van der Waals surface area contributed by atoms with Crippen LogP contribution in [0.25, 0.3) is 0 Å². The molecule has 1 aromatic carbocycles. The minimum absolute atomic E-state index is 0.226. The zero-order valence-corrected chi connectivity index (χ0v) is 17.2. The predicted molar refractivity (Wildman–Crippen MR) is 113 cm³/mol. The molecule has 1 unspecified atom stereocenters. The molecule has 0 aliphatic carbocycles. The van der Waals surface area contributed by atoms with Crippen molar-refractivity contribution < 1.29 is 9.15 Å². The van der Waals surface area contributed by atoms with E-state index in [1.165, 1.54) is 12.8 Å². The van der Waals surface area contributed by atoms with Crippen molar-refractivity contribution in [1.82, 2.24) is 15.5 Å². The normalized spacial score (nSPS) is 16.2. The van der Waals surface area contributed by atoms with Gasteiger partial charge in [0.15, 0.2) is 5.96 Å². The van der Waals surface area contributed by atoms with Gasteiger partial charge in [-0.1, -0.05) is 12.1 Å². The van der Waals surface area contributed by atoms with Gasteiger partial charge in [-0.05, 0) is 69.1 Å². The van der Waals surface area contributed by atoms with Gasteiger partial charge in [0.2, 0.25) is 0 Å². The van der Waals surface area contributed by atoms with Gasteiger partial charge < -0.3 is 19.8 Å². The number of hydrogen-bond acceptors (Lipinski definition) is 4. The van der Waals surface area contributed by atoms with Crippen LogP contribution >= 0.6 is 0 Å². The van der Waals surface area contributed by atoms with E-state index in [-0.39, 0.29) is 6.04 Å². The highest BCUT2D eigenvalue weighted by molar-refractivity contribution is 5.79. The van der Waals surface area contributed by atoms with E-state index in [0.717, 1.165) is 54.8 Å². The summed E-state index contributed by atoms with van der Waals surface area (Å²) in [6.45, 7) is 8.58. The molecular formula is C22H32N4O2. The number of nitrogens with zero attached hydrogens (tertiary/aromatic N) is 2. The summed E-state index contributed by atoms with van der Waals surface area (Å²) in [5.74, 6) is 2.74. The maximum absolute atomic E-state index is 5.71. The second-order valence-electron chi connectivity index (χ2n) is 7.15. The third kappa shape index (κ3) is 5.29. The minimum atomic E-state index is 0.226. The molecule has 0 radical (unpaired) electrons. The van der Waals surface area contributed by atoms with Crippen molar-refractivity contribution in [2.24, 2.45) is 4.99 Å². The van der Waals surface area contributed by atoms with E-state index >= 15 is 0 Å². The van der Waals surface area contributed by atoms with Gasteiger partial charge in [0.1, 0.15) is 11.5 Å². The molecule has 1 aromatic heterocycles. The van der Waals surface area contributed by atoms with Crippen molar-refractivity contribution in [1.29, 1.82) is 0 Å². The Morgan fingerprint density at radius 3 is 2.71 bits per heavy atom. The van der Waals surface area contributed by atoms with E-state index in [1.54, 1.807) is 13.4 Å². The summed E-state index contributed by atoms with van der Waals surface area (Å²) >= 11 is 0. The Balaban J connectivity index is 1.65. The SMILES string of the molecule is CCNC(=NCc1ccc(OC)c(C)c1)NCC(c1ccco1)N1CCCC1. The monoisotopic (exact) mass is 384 g/mol. The third-order valence-corrected chi connectivity index (χ3v) is 5.14. The molecule has 6 nitrogen and oxygen atoms in total. The van der Waals surface area contributed by atoms with Gasteiger partial charge >= 0.3 is 0 Å². The lowest BCUT2D eigenvalue weighted by Gasteiger charge is -2.26. The second-order valence-corrected chi connectivity index (χ2v) is 7.15. The van der Waals surface area contributed by atoms with Gasteiger partial charge in [0, 0.05) is 13.1 Å². The number of rotatable bonds is 8. The average Bonchev–Trinajstić information content (AvgIpc) is 3.41. The van der Waals surface area contributed by atoms with E-state index < -0.39 is 0 Å². The van der Waals surface area contributed by atoms with Crippen molar-refractivity contribution in [2.45, 2.75) is 39.3 Å². The Labute approximate surface area is 168 Å². The average molecular weight is 385 g/mol. The summed E-state index contributed by atoms with van der Waals surface area (Å²) in [7, 11) is 1.70. The van der Waals surface area contributed by atoms with Crippen LogP contribution in [-0.2, 0) is 6.54 Å². The van der Waals surface area contributed by atoms with E-state index in [9.17, 15) is 0 Å². The number of ether oxygens (including phenoxy) is 1. The lowest BCUT2D eigenvalue weighted by atomic mass is 10.1. The molecule has 1 saturated heterocycles. The van der Waals surface area contributed by atoms with Crippen LogP contribution in [0.4, 0.5) is 0 Å². The number of guanidine groups is 1. The van der Waals surface area contributed by atoms with Crippen LogP contribution in [0, 0.1) is 6.92 Å². The van der Waals surface area contributed by atoms with Gasteiger partial charge in [0.25, 0.3) is 0 Å². The van der Waals surface area contributed by atoms with Crippen LogP contribution in [0.3, 0.4) is 0 Å². The lowest BCUT2D eigenvalue weighted by molar-refractivity contribution is 0.215. The van der Waals surface area contributed by atoms with Crippen LogP contribution in [0.5, 0.6) is 5.75 Å². The summed E-state index contributed by atoms with van der Waals surface area (Å²) in [4.78, 5) is 7.25. The summed E-state index contributed by atoms with van der Waals surface area (Å²) in [5.41, 5.74) is 2.29. The number of nitrogens with one attached hydrogen (secondary N) is 2. The third-order valence-electron chi connectivity index (χ3n) is 5.14. The van der Waals surface area contributed by atoms with Crippen molar-refractivity contribution in [3.8, 4) is 5.75 Å². The Hall–Kier alpha value is -2.47. The minimum Gasteiger partial charge on any atom is -0.496 e. The fraction of sp³-hybridized carbons (Fsp3) is 0.500. The van der Waals surface area contributed by atoms with E-state index in [2.05, 4.69) is 47.6 Å². The highest BCUT2D eigenvalue weighted by atomic mass is 16.5. The zero-order chi connectivity index (χ0) is 19.8. The number of likely N-dealkylation sites (tertiary alicyclic amines) is 1. The molecule has 1 aliphatic heterocycles. The molecule has 1 atom stereocenters. The summed E-state index contributed by atoms with van der Waals surface area (Å²) in [6, 6.07) is 10.4. The molecule has 28 heavy (non-hydrogen) atoms. The summed E-state index contributed by atoms with van der Waals surface area (Å²) in [6.07, 6.45) is 4.26. The topological polar surface area (TPSA) is 62.0 Å². The smallest absolute Gasteiger partial charge is 0.191 e. The molecule has 6 heteroatoms. The van der Waals surface area contributed by atoms with E-state index in [4.69, 9.17) is 14.1 Å². The molecule has 0 spiro atoms. The first-order valence-corrected chi connectivity index (χ1v) is 10.1. The summed E-state index contributed by atoms with van der Waals surface area (Å²) < 4.78 is 11.0. The molecule has 0 bridgehead atoms. The van der Waals surface area contributed by atoms with Crippen LogP contribution in [0.1, 0.15) is 42.7 Å². The quantitative estimate of drug-likeness (QED) is 0.539. The lowest BCUT2D eigenvalue weighted by Crippen LogP contribution is -2.42. The molecular weight excluding hydrogens is 352 g/mol. The molecule has 2 N–H and O–H groups in total. The van der Waals surface area contributed by atoms with Crippen LogP contribution < -0.4 is 15.4 Å². The van der Waals surface area contributed by atoms with Crippen LogP contribution in [0.15, 0.2) is 46.0 Å². The first kappa shape index (κ1) is 20.3. The van der Waals surface area contributed by atoms with Crippen LogP contribution in [0.2, 0.25) is 0 Å². The van der Waals surface area contributed by atoms with Gasteiger partial charge in [-0.2, -0.15) is 0 Å². The number of furan rings is 1. The van der Waals surface area contributed by atoms with Gasteiger partial charge in [-0.3, -0.25) is 4.90 Å². The fourth-order valence-corrected chi connectivity index (χ4v) is 3.69. The first-order valence-electron chi connectivity index (χ1n) is 10.1. The molecule has 2 heterocycles. The molecule has 152 valence electrons. The van der Waals surface area contributed by atoms with Gasteiger partial charge in [0.05, 0.1) is 26.0 Å². The zero-order valence-electron chi connectivity index (χ0n) is 17.2. The number of hydrogen-bond donors (Lipinski definition) is 2. The van der Waals surface area contributed by atoms with E-state index in [1.807, 2.05) is 12.1 Å². The number of aliphatic imine (C=N–C) groups is 1. The maximum Gasteiger partial charge on any atom is 0.191 e. The largest absolute Gasteiger partial charge is 0.496 e. The molecule has 2 aromatic rings.